The van der Waals surface area contributed by atoms with E-state index in [0.29, 0.717) is 37.1 Å². The summed E-state index contributed by atoms with van der Waals surface area (Å²) in [6.07, 6.45) is -8.07. The summed E-state index contributed by atoms with van der Waals surface area (Å²) in [6, 6.07) is 12.0. The Hall–Kier alpha value is -2.82. The smallest absolute Gasteiger partial charge is 0.416 e. The fourth-order valence-electron chi connectivity index (χ4n) is 3.64. The zero-order valence-electron chi connectivity index (χ0n) is 18.6. The topological polar surface area (TPSA) is 75.7 Å². The van der Waals surface area contributed by atoms with Crippen LogP contribution in [0.3, 0.4) is 0 Å². The van der Waals surface area contributed by atoms with E-state index in [-0.39, 0.29) is 24.8 Å². The highest BCUT2D eigenvalue weighted by Crippen LogP contribution is 2.36. The van der Waals surface area contributed by atoms with E-state index in [9.17, 15) is 36.6 Å². The average Bonchev–Trinajstić information content (AvgIpc) is 2.81. The Balaban J connectivity index is 1.71. The third-order valence-corrected chi connectivity index (χ3v) is 5.70. The summed E-state index contributed by atoms with van der Waals surface area (Å²) in [4.78, 5) is 0. The molecule has 3 rings (SSSR count). The van der Waals surface area contributed by atoms with Crippen LogP contribution in [0.5, 0.6) is 5.75 Å². The van der Waals surface area contributed by atoms with Gasteiger partial charge in [0.1, 0.15) is 12.4 Å². The summed E-state index contributed by atoms with van der Waals surface area (Å²) in [5, 5.41) is 20.2. The van der Waals surface area contributed by atoms with Gasteiger partial charge in [-0.15, -0.1) is 0 Å². The van der Waals surface area contributed by atoms with Gasteiger partial charge < -0.3 is 20.7 Å². The molecule has 0 aliphatic carbocycles. The van der Waals surface area contributed by atoms with Crippen LogP contribution >= 0.6 is 0 Å². The second kappa shape index (κ2) is 10.4. The normalized spacial score (nSPS) is 12.8. The number of halogens is 6. The van der Waals surface area contributed by atoms with Crippen molar-refractivity contribution in [3.05, 3.63) is 76.9 Å². The third-order valence-electron chi connectivity index (χ3n) is 5.70. The molecule has 0 aromatic heterocycles. The highest BCUT2D eigenvalue weighted by Gasteiger charge is 2.36. The first-order valence-electron chi connectivity index (χ1n) is 10.8. The molecule has 0 atom stereocenters. The molecule has 0 aliphatic rings. The highest BCUT2D eigenvalue weighted by atomic mass is 19.4. The minimum absolute atomic E-state index is 0.0816. The van der Waals surface area contributed by atoms with E-state index in [0.717, 1.165) is 16.3 Å². The number of aryl methyl sites for hydroxylation is 1. The summed E-state index contributed by atoms with van der Waals surface area (Å²) in [7, 11) is 0. The molecule has 0 amide bonds. The maximum Gasteiger partial charge on any atom is 0.416 e. The molecule has 0 bridgehead atoms. The van der Waals surface area contributed by atoms with Gasteiger partial charge >= 0.3 is 12.4 Å². The van der Waals surface area contributed by atoms with Crippen LogP contribution in [0, 0.1) is 0 Å². The van der Waals surface area contributed by atoms with Gasteiger partial charge in [-0.1, -0.05) is 24.3 Å². The summed E-state index contributed by atoms with van der Waals surface area (Å²) < 4.78 is 83.7. The van der Waals surface area contributed by atoms with Crippen molar-refractivity contribution in [2.45, 2.75) is 43.8 Å². The minimum atomic E-state index is -4.92. The fourth-order valence-corrected chi connectivity index (χ4v) is 3.64. The predicted octanol–water partition coefficient (Wildman–Crippen LogP) is 5.46. The molecule has 0 radical (unpaired) electrons. The zero-order chi connectivity index (χ0) is 25.9. The predicted molar refractivity (Wildman–Crippen MR) is 119 cm³/mol. The number of hydrogen-bond acceptors (Lipinski definition) is 4. The molecule has 0 spiro atoms. The van der Waals surface area contributed by atoms with Gasteiger partial charge in [0.05, 0.1) is 29.9 Å². The zero-order valence-corrected chi connectivity index (χ0v) is 18.6. The van der Waals surface area contributed by atoms with E-state index in [1.165, 1.54) is 0 Å². The van der Waals surface area contributed by atoms with Gasteiger partial charge in [-0.2, -0.15) is 26.3 Å². The first kappa shape index (κ1) is 26.8. The second-order valence-corrected chi connectivity index (χ2v) is 8.58. The van der Waals surface area contributed by atoms with E-state index >= 15 is 0 Å². The van der Waals surface area contributed by atoms with Crippen LogP contribution in [0.25, 0.3) is 10.8 Å². The Morgan fingerprint density at radius 2 is 1.29 bits per heavy atom. The van der Waals surface area contributed by atoms with Crippen molar-refractivity contribution >= 4 is 10.8 Å². The molecule has 3 aromatic carbocycles. The lowest BCUT2D eigenvalue weighted by atomic mass is 9.93. The van der Waals surface area contributed by atoms with Crippen LogP contribution in [0.2, 0.25) is 0 Å². The van der Waals surface area contributed by atoms with E-state index in [4.69, 9.17) is 10.5 Å². The van der Waals surface area contributed by atoms with Crippen molar-refractivity contribution in [2.75, 3.05) is 13.2 Å². The van der Waals surface area contributed by atoms with Gasteiger partial charge in [0.25, 0.3) is 0 Å². The first-order valence-corrected chi connectivity index (χ1v) is 10.8. The van der Waals surface area contributed by atoms with Crippen LogP contribution in [0.4, 0.5) is 26.3 Å². The number of ether oxygens (including phenoxy) is 1. The van der Waals surface area contributed by atoms with E-state index in [1.807, 2.05) is 18.2 Å². The molecule has 4 N–H and O–H groups in total. The summed E-state index contributed by atoms with van der Waals surface area (Å²) >= 11 is 0. The van der Waals surface area contributed by atoms with Crippen molar-refractivity contribution in [1.82, 2.24) is 0 Å². The standard InChI is InChI=1S/C25H25F6NO3/c26-24(27,28)20-9-17(10-21(12-20)25(29,30)31)13-35-22-6-5-18-8-16(3-4-19(18)11-22)2-1-7-23(32,14-33)15-34/h3-6,8-12,33-34H,1-2,7,13-15,32H2. The van der Waals surface area contributed by atoms with Crippen molar-refractivity contribution in [3.8, 4) is 5.75 Å². The Kier molecular flexibility index (Phi) is 7.98. The van der Waals surface area contributed by atoms with Crippen molar-refractivity contribution in [3.63, 3.8) is 0 Å². The molecule has 0 saturated heterocycles. The van der Waals surface area contributed by atoms with Crippen molar-refractivity contribution < 1.29 is 41.3 Å². The molecule has 35 heavy (non-hydrogen) atoms. The fraction of sp³-hybridized carbons (Fsp3) is 0.360. The SMILES string of the molecule is NC(CO)(CO)CCCc1ccc2cc(OCc3cc(C(F)(F)F)cc(C(F)(F)F)c3)ccc2c1. The summed E-state index contributed by atoms with van der Waals surface area (Å²) in [6.45, 7) is -1.10. The molecule has 0 aliphatic heterocycles. The van der Waals surface area contributed by atoms with E-state index in [2.05, 4.69) is 0 Å². The molecule has 0 heterocycles. The molecule has 190 valence electrons. The van der Waals surface area contributed by atoms with Gasteiger partial charge in [-0.05, 0) is 71.5 Å². The Morgan fingerprint density at radius 1 is 0.714 bits per heavy atom. The van der Waals surface area contributed by atoms with Crippen LogP contribution in [-0.2, 0) is 25.4 Å². The lowest BCUT2D eigenvalue weighted by Crippen LogP contribution is -2.47. The summed E-state index contributed by atoms with van der Waals surface area (Å²) in [5.74, 6) is 0.301. The number of alkyl halides is 6. The maximum absolute atomic E-state index is 13.0. The van der Waals surface area contributed by atoms with Crippen molar-refractivity contribution in [2.24, 2.45) is 5.73 Å². The minimum Gasteiger partial charge on any atom is -0.489 e. The quantitative estimate of drug-likeness (QED) is 0.341. The number of benzene rings is 3. The number of aliphatic hydroxyl groups is 2. The second-order valence-electron chi connectivity index (χ2n) is 8.58. The van der Waals surface area contributed by atoms with Gasteiger partial charge in [0, 0.05) is 0 Å². The largest absolute Gasteiger partial charge is 0.489 e. The third kappa shape index (κ3) is 7.09. The van der Waals surface area contributed by atoms with Gasteiger partial charge in [-0.3, -0.25) is 0 Å². The molecule has 0 unspecified atom stereocenters. The Morgan fingerprint density at radius 3 is 1.86 bits per heavy atom. The Bertz CT molecular complexity index is 1120. The number of rotatable bonds is 9. The molecule has 10 heteroatoms. The lowest BCUT2D eigenvalue weighted by molar-refractivity contribution is -0.143. The van der Waals surface area contributed by atoms with Gasteiger partial charge in [0.2, 0.25) is 0 Å². The van der Waals surface area contributed by atoms with Gasteiger partial charge in [0.15, 0.2) is 0 Å². The highest BCUT2D eigenvalue weighted by molar-refractivity contribution is 5.84. The monoisotopic (exact) mass is 501 g/mol. The maximum atomic E-state index is 13.0. The average molecular weight is 501 g/mol. The van der Waals surface area contributed by atoms with Crippen LogP contribution < -0.4 is 10.5 Å². The number of aliphatic hydroxyl groups excluding tert-OH is 2. The molecule has 3 aromatic rings. The number of nitrogens with two attached hydrogens (primary N) is 1. The van der Waals surface area contributed by atoms with E-state index in [1.54, 1.807) is 18.2 Å². The molecule has 4 nitrogen and oxygen atoms in total. The molecular weight excluding hydrogens is 476 g/mol. The number of hydrogen-bond donors (Lipinski definition) is 3. The van der Waals surface area contributed by atoms with Crippen LogP contribution in [0.1, 0.15) is 35.1 Å². The summed E-state index contributed by atoms with van der Waals surface area (Å²) in [5.41, 5.74) is 2.83. The number of fused-ring (bicyclic) bond motifs is 1. The lowest BCUT2D eigenvalue weighted by Gasteiger charge is -2.24. The Labute approximate surface area is 197 Å². The molecule has 0 saturated carbocycles. The molecule has 0 fully saturated rings. The van der Waals surface area contributed by atoms with Crippen LogP contribution in [-0.4, -0.2) is 29.0 Å². The van der Waals surface area contributed by atoms with E-state index < -0.39 is 35.6 Å². The van der Waals surface area contributed by atoms with Crippen molar-refractivity contribution in [1.29, 1.82) is 0 Å². The molecular formula is C25H25F6NO3. The van der Waals surface area contributed by atoms with Crippen LogP contribution in [0.15, 0.2) is 54.6 Å². The first-order chi connectivity index (χ1) is 16.3. The van der Waals surface area contributed by atoms with Gasteiger partial charge in [-0.25, -0.2) is 0 Å².